The van der Waals surface area contributed by atoms with E-state index < -0.39 is 6.10 Å². The molecule has 3 aromatic rings. The van der Waals surface area contributed by atoms with Crippen molar-refractivity contribution in [2.24, 2.45) is 5.92 Å². The van der Waals surface area contributed by atoms with Crippen LogP contribution in [0.2, 0.25) is 0 Å². The number of hydrogen-bond donors (Lipinski definition) is 2. The molecule has 3 nitrogen and oxygen atoms in total. The Hall–Kier alpha value is -2.20. The zero-order chi connectivity index (χ0) is 22.7. The predicted octanol–water partition coefficient (Wildman–Crippen LogP) is 5.90. The van der Waals surface area contributed by atoms with E-state index in [4.69, 9.17) is 4.74 Å². The summed E-state index contributed by atoms with van der Waals surface area (Å²) in [6.07, 6.45) is 2.89. The predicted molar refractivity (Wildman–Crippen MR) is 133 cm³/mol. The van der Waals surface area contributed by atoms with Gasteiger partial charge in [-0.2, -0.15) is 0 Å². The smallest absolute Gasteiger partial charge is 0.0898 e. The molecular formula is C29H37NO2. The highest BCUT2D eigenvalue weighted by molar-refractivity contribution is 5.83. The number of β-amino-alcohol motifs (C(OH)–C–C–N with tert-alkyl or cyclic N) is 1. The standard InChI is InChI=1S/C29H37NO2/c1-20-9-10-21(2)27(15-20)28(24-13-14-24)32-19-26(31)18-30-29(3,4)17-22-11-12-23-7-5-6-8-25(23)16-22/h5-12,15-16,24,26,28,30-31H,13-14,17-19H2,1-4H3/t26-,28?/m1/s1. The third-order valence-electron chi connectivity index (χ3n) is 6.54. The third kappa shape index (κ3) is 5.98. The quantitative estimate of drug-likeness (QED) is 0.420. The summed E-state index contributed by atoms with van der Waals surface area (Å²) in [6.45, 7) is 9.54. The Balaban J connectivity index is 1.31. The lowest BCUT2D eigenvalue weighted by Gasteiger charge is -2.29. The summed E-state index contributed by atoms with van der Waals surface area (Å²) in [6, 6.07) is 21.7. The second kappa shape index (κ2) is 9.74. The summed E-state index contributed by atoms with van der Waals surface area (Å²) in [5, 5.41) is 16.7. The lowest BCUT2D eigenvalue weighted by atomic mass is 9.93. The molecule has 0 bridgehead atoms. The van der Waals surface area contributed by atoms with Crippen LogP contribution in [-0.2, 0) is 11.2 Å². The van der Waals surface area contributed by atoms with Crippen LogP contribution in [0.25, 0.3) is 10.8 Å². The van der Waals surface area contributed by atoms with Gasteiger partial charge in [0.2, 0.25) is 0 Å². The number of benzene rings is 3. The van der Waals surface area contributed by atoms with Gasteiger partial charge in [0, 0.05) is 12.1 Å². The highest BCUT2D eigenvalue weighted by atomic mass is 16.5. The fraction of sp³-hybridized carbons (Fsp3) is 0.448. The third-order valence-corrected chi connectivity index (χ3v) is 6.54. The molecular weight excluding hydrogens is 394 g/mol. The van der Waals surface area contributed by atoms with Gasteiger partial charge in [-0.1, -0.05) is 66.2 Å². The number of aliphatic hydroxyl groups is 1. The summed E-state index contributed by atoms with van der Waals surface area (Å²) < 4.78 is 6.29. The van der Waals surface area contributed by atoms with E-state index in [2.05, 4.69) is 93.7 Å². The Morgan fingerprint density at radius 3 is 2.50 bits per heavy atom. The zero-order valence-corrected chi connectivity index (χ0v) is 19.9. The molecule has 0 spiro atoms. The van der Waals surface area contributed by atoms with E-state index in [0.29, 0.717) is 19.1 Å². The lowest BCUT2D eigenvalue weighted by Crippen LogP contribution is -2.46. The van der Waals surface area contributed by atoms with Crippen LogP contribution in [0.5, 0.6) is 0 Å². The van der Waals surface area contributed by atoms with E-state index in [1.165, 1.54) is 45.9 Å². The van der Waals surface area contributed by atoms with Crippen molar-refractivity contribution < 1.29 is 9.84 Å². The Bertz CT molecular complexity index is 1050. The van der Waals surface area contributed by atoms with Gasteiger partial charge in [0.1, 0.15) is 0 Å². The van der Waals surface area contributed by atoms with E-state index >= 15 is 0 Å². The van der Waals surface area contributed by atoms with Gasteiger partial charge in [0.25, 0.3) is 0 Å². The van der Waals surface area contributed by atoms with Crippen molar-refractivity contribution in [2.75, 3.05) is 13.2 Å². The van der Waals surface area contributed by atoms with Crippen LogP contribution >= 0.6 is 0 Å². The van der Waals surface area contributed by atoms with Gasteiger partial charge in [-0.05, 0) is 80.3 Å². The van der Waals surface area contributed by atoms with Crippen molar-refractivity contribution in [3.05, 3.63) is 82.9 Å². The van der Waals surface area contributed by atoms with Crippen LogP contribution in [0.3, 0.4) is 0 Å². The molecule has 2 atom stereocenters. The summed E-state index contributed by atoms with van der Waals surface area (Å²) >= 11 is 0. The highest BCUT2D eigenvalue weighted by Crippen LogP contribution is 2.44. The molecule has 170 valence electrons. The summed E-state index contributed by atoms with van der Waals surface area (Å²) in [7, 11) is 0. The number of nitrogens with one attached hydrogen (secondary N) is 1. The van der Waals surface area contributed by atoms with Gasteiger partial charge in [0.05, 0.1) is 18.8 Å². The number of rotatable bonds is 10. The average molecular weight is 432 g/mol. The fourth-order valence-corrected chi connectivity index (χ4v) is 4.53. The van der Waals surface area contributed by atoms with E-state index in [1.54, 1.807) is 0 Å². The number of fused-ring (bicyclic) bond motifs is 1. The summed E-state index contributed by atoms with van der Waals surface area (Å²) in [5.74, 6) is 0.583. The molecule has 2 N–H and O–H groups in total. The molecule has 3 aromatic carbocycles. The summed E-state index contributed by atoms with van der Waals surface area (Å²) in [5.41, 5.74) is 5.00. The lowest BCUT2D eigenvalue weighted by molar-refractivity contribution is -0.0214. The molecule has 4 rings (SSSR count). The van der Waals surface area contributed by atoms with E-state index in [0.717, 1.165) is 6.42 Å². The van der Waals surface area contributed by atoms with Gasteiger partial charge in [-0.15, -0.1) is 0 Å². The van der Waals surface area contributed by atoms with Crippen molar-refractivity contribution in [1.29, 1.82) is 0 Å². The summed E-state index contributed by atoms with van der Waals surface area (Å²) in [4.78, 5) is 0. The highest BCUT2D eigenvalue weighted by Gasteiger charge is 2.34. The first kappa shape index (κ1) is 23.0. The Morgan fingerprint density at radius 2 is 1.75 bits per heavy atom. The SMILES string of the molecule is Cc1ccc(C)c(C(OC[C@H](O)CNC(C)(C)Cc2ccc3ccccc3c2)C2CC2)c1. The zero-order valence-electron chi connectivity index (χ0n) is 19.9. The Labute approximate surface area is 192 Å². The molecule has 0 aliphatic heterocycles. The molecule has 3 heteroatoms. The minimum atomic E-state index is -0.530. The Morgan fingerprint density at radius 1 is 1.00 bits per heavy atom. The van der Waals surface area contributed by atoms with Crippen molar-refractivity contribution in [3.63, 3.8) is 0 Å². The number of aryl methyl sites for hydroxylation is 2. The molecule has 0 radical (unpaired) electrons. The molecule has 0 saturated heterocycles. The molecule has 0 amide bonds. The maximum absolute atomic E-state index is 10.7. The van der Waals surface area contributed by atoms with E-state index in [9.17, 15) is 5.11 Å². The molecule has 32 heavy (non-hydrogen) atoms. The molecule has 1 aliphatic rings. The van der Waals surface area contributed by atoms with Crippen LogP contribution in [0.4, 0.5) is 0 Å². The molecule has 0 aromatic heterocycles. The first-order valence-corrected chi connectivity index (χ1v) is 11.9. The Kier molecular flexibility index (Phi) is 6.99. The van der Waals surface area contributed by atoms with Crippen molar-refractivity contribution in [3.8, 4) is 0 Å². The van der Waals surface area contributed by atoms with Crippen LogP contribution < -0.4 is 5.32 Å². The molecule has 1 saturated carbocycles. The van der Waals surface area contributed by atoms with Crippen LogP contribution in [-0.4, -0.2) is 29.9 Å². The monoisotopic (exact) mass is 431 g/mol. The minimum Gasteiger partial charge on any atom is -0.389 e. The molecule has 1 fully saturated rings. The van der Waals surface area contributed by atoms with Crippen LogP contribution in [0.1, 0.15) is 55.0 Å². The van der Waals surface area contributed by atoms with Crippen molar-refractivity contribution in [1.82, 2.24) is 5.32 Å². The maximum Gasteiger partial charge on any atom is 0.0898 e. The van der Waals surface area contributed by atoms with Gasteiger partial charge in [-0.25, -0.2) is 0 Å². The largest absolute Gasteiger partial charge is 0.389 e. The van der Waals surface area contributed by atoms with Gasteiger partial charge >= 0.3 is 0 Å². The molecule has 0 heterocycles. The van der Waals surface area contributed by atoms with Crippen molar-refractivity contribution >= 4 is 10.8 Å². The van der Waals surface area contributed by atoms with E-state index in [-0.39, 0.29) is 11.6 Å². The first-order chi connectivity index (χ1) is 15.3. The number of ether oxygens (including phenoxy) is 1. The number of hydrogen-bond acceptors (Lipinski definition) is 3. The molecule has 1 unspecified atom stereocenters. The second-order valence-corrected chi connectivity index (χ2v) is 10.2. The van der Waals surface area contributed by atoms with Gasteiger partial charge in [-0.3, -0.25) is 0 Å². The van der Waals surface area contributed by atoms with Crippen molar-refractivity contribution in [2.45, 2.75) is 64.7 Å². The average Bonchev–Trinajstić information content (AvgIpc) is 3.60. The molecule has 1 aliphatic carbocycles. The fourth-order valence-electron chi connectivity index (χ4n) is 4.53. The topological polar surface area (TPSA) is 41.5 Å². The maximum atomic E-state index is 10.7. The van der Waals surface area contributed by atoms with Crippen LogP contribution in [0.15, 0.2) is 60.7 Å². The normalized spacial score (nSPS) is 16.3. The van der Waals surface area contributed by atoms with Gasteiger partial charge < -0.3 is 15.2 Å². The van der Waals surface area contributed by atoms with Crippen LogP contribution in [0, 0.1) is 19.8 Å². The first-order valence-electron chi connectivity index (χ1n) is 11.9. The number of aliphatic hydroxyl groups excluding tert-OH is 1. The van der Waals surface area contributed by atoms with E-state index in [1.807, 2.05) is 0 Å². The van der Waals surface area contributed by atoms with Gasteiger partial charge in [0.15, 0.2) is 0 Å². The minimum absolute atomic E-state index is 0.0927. The second-order valence-electron chi connectivity index (χ2n) is 10.2.